The van der Waals surface area contributed by atoms with E-state index in [-0.39, 0.29) is 5.92 Å². The van der Waals surface area contributed by atoms with E-state index in [1.54, 1.807) is 0 Å². The number of benzene rings is 1. The van der Waals surface area contributed by atoms with Crippen LogP contribution in [0.2, 0.25) is 0 Å². The number of hydrogen-bond donors (Lipinski definition) is 0. The Balaban J connectivity index is 1.28. The smallest absolute Gasteiger partial charge is 0.227 e. The van der Waals surface area contributed by atoms with Gasteiger partial charge in [0.2, 0.25) is 5.91 Å². The van der Waals surface area contributed by atoms with Gasteiger partial charge in [0.25, 0.3) is 0 Å². The largest absolute Gasteiger partial charge is 0.339 e. The number of fused-ring (bicyclic) bond motifs is 1. The lowest BCUT2D eigenvalue weighted by Gasteiger charge is -2.48. The number of rotatable bonds is 5. The van der Waals surface area contributed by atoms with Gasteiger partial charge in [-0.3, -0.25) is 4.79 Å². The van der Waals surface area contributed by atoms with Gasteiger partial charge in [0.05, 0.1) is 5.92 Å². The van der Waals surface area contributed by atoms with Crippen molar-refractivity contribution < 1.29 is 4.79 Å². The van der Waals surface area contributed by atoms with Crippen LogP contribution in [-0.4, -0.2) is 73.0 Å². The van der Waals surface area contributed by atoms with Crippen molar-refractivity contribution >= 4 is 5.91 Å². The molecule has 3 aliphatic rings. The molecule has 1 aromatic rings. The van der Waals surface area contributed by atoms with Gasteiger partial charge in [-0.05, 0) is 76.6 Å². The highest BCUT2D eigenvalue weighted by atomic mass is 16.2. The minimum atomic E-state index is 0.237. The average molecular weight is 384 g/mol. The van der Waals surface area contributed by atoms with Gasteiger partial charge in [-0.15, -0.1) is 0 Å². The van der Waals surface area contributed by atoms with E-state index in [4.69, 9.17) is 0 Å². The third kappa shape index (κ3) is 4.77. The molecule has 3 saturated heterocycles. The molecule has 1 unspecified atom stereocenters. The first-order valence-electron chi connectivity index (χ1n) is 11.5. The topological polar surface area (TPSA) is 26.8 Å². The summed E-state index contributed by atoms with van der Waals surface area (Å²) in [5.74, 6) is 1.38. The third-order valence-corrected chi connectivity index (χ3v) is 7.19. The molecule has 4 nitrogen and oxygen atoms in total. The summed E-state index contributed by atoms with van der Waals surface area (Å²) in [5.41, 5.74) is 1.45. The fourth-order valence-electron chi connectivity index (χ4n) is 5.71. The molecule has 3 heterocycles. The van der Waals surface area contributed by atoms with E-state index in [1.165, 1.54) is 57.2 Å². The highest BCUT2D eigenvalue weighted by Gasteiger charge is 2.40. The lowest BCUT2D eigenvalue weighted by molar-refractivity contribution is -0.144. The lowest BCUT2D eigenvalue weighted by Crippen LogP contribution is -2.57. The van der Waals surface area contributed by atoms with Gasteiger partial charge < -0.3 is 14.7 Å². The van der Waals surface area contributed by atoms with E-state index < -0.39 is 0 Å². The molecule has 1 aromatic carbocycles. The van der Waals surface area contributed by atoms with Gasteiger partial charge in [-0.2, -0.15) is 0 Å². The SMILES string of the molecule is CN1CCCC(C(=O)N2CCC[C@@H]3CN(CCCc4ccccc4)CC[C@@H]32)C1. The molecular weight excluding hydrogens is 346 g/mol. The van der Waals surface area contributed by atoms with Gasteiger partial charge in [0.1, 0.15) is 0 Å². The van der Waals surface area contributed by atoms with E-state index in [1.807, 2.05) is 0 Å². The summed E-state index contributed by atoms with van der Waals surface area (Å²) in [6, 6.07) is 11.3. The van der Waals surface area contributed by atoms with Gasteiger partial charge in [-0.1, -0.05) is 30.3 Å². The summed E-state index contributed by atoms with van der Waals surface area (Å²) < 4.78 is 0. The zero-order chi connectivity index (χ0) is 19.3. The molecule has 4 rings (SSSR count). The van der Waals surface area contributed by atoms with Crippen LogP contribution < -0.4 is 0 Å². The van der Waals surface area contributed by atoms with Gasteiger partial charge in [-0.25, -0.2) is 0 Å². The quantitative estimate of drug-likeness (QED) is 0.781. The number of nitrogens with zero attached hydrogens (tertiary/aromatic N) is 3. The summed E-state index contributed by atoms with van der Waals surface area (Å²) in [6.45, 7) is 6.64. The second kappa shape index (κ2) is 9.41. The number of aryl methyl sites for hydroxylation is 1. The molecular formula is C24H37N3O. The molecule has 0 saturated carbocycles. The zero-order valence-corrected chi connectivity index (χ0v) is 17.6. The molecule has 0 aromatic heterocycles. The van der Waals surface area contributed by atoms with Crippen LogP contribution in [0.3, 0.4) is 0 Å². The molecule has 0 radical (unpaired) electrons. The van der Waals surface area contributed by atoms with E-state index in [0.29, 0.717) is 17.9 Å². The van der Waals surface area contributed by atoms with Gasteiger partial charge in [0, 0.05) is 32.2 Å². The first-order valence-corrected chi connectivity index (χ1v) is 11.5. The first-order chi connectivity index (χ1) is 13.7. The van der Waals surface area contributed by atoms with Crippen molar-refractivity contribution in [2.75, 3.05) is 46.3 Å². The summed E-state index contributed by atoms with van der Waals surface area (Å²) in [5, 5.41) is 0. The van der Waals surface area contributed by atoms with E-state index in [9.17, 15) is 4.79 Å². The molecule has 28 heavy (non-hydrogen) atoms. The van der Waals surface area contributed by atoms with Crippen molar-refractivity contribution in [1.82, 2.24) is 14.7 Å². The van der Waals surface area contributed by atoms with E-state index >= 15 is 0 Å². The molecule has 1 amide bonds. The van der Waals surface area contributed by atoms with E-state index in [0.717, 1.165) is 32.6 Å². The van der Waals surface area contributed by atoms with Crippen molar-refractivity contribution in [1.29, 1.82) is 0 Å². The predicted octanol–water partition coefficient (Wildman–Crippen LogP) is 3.27. The van der Waals surface area contributed by atoms with Gasteiger partial charge in [0.15, 0.2) is 0 Å². The number of carbonyl (C=O) groups is 1. The number of likely N-dealkylation sites (tertiary alicyclic amines) is 3. The first kappa shape index (κ1) is 19.9. The maximum Gasteiger partial charge on any atom is 0.227 e. The maximum absolute atomic E-state index is 13.2. The molecule has 3 atom stereocenters. The van der Waals surface area contributed by atoms with Gasteiger partial charge >= 0.3 is 0 Å². The number of amides is 1. The van der Waals surface area contributed by atoms with Crippen LogP contribution in [0.15, 0.2) is 30.3 Å². The van der Waals surface area contributed by atoms with Crippen LogP contribution in [0.1, 0.15) is 44.1 Å². The fourth-order valence-corrected chi connectivity index (χ4v) is 5.71. The minimum absolute atomic E-state index is 0.237. The minimum Gasteiger partial charge on any atom is -0.339 e. The Morgan fingerprint density at radius 3 is 2.64 bits per heavy atom. The van der Waals surface area contributed by atoms with Crippen molar-refractivity contribution in [3.05, 3.63) is 35.9 Å². The highest BCUT2D eigenvalue weighted by molar-refractivity contribution is 5.79. The Kier molecular flexibility index (Phi) is 6.69. The Bertz CT molecular complexity index is 634. The lowest BCUT2D eigenvalue weighted by atomic mass is 9.82. The Labute approximate surface area is 170 Å². The van der Waals surface area contributed by atoms with Crippen molar-refractivity contribution in [2.24, 2.45) is 11.8 Å². The Morgan fingerprint density at radius 1 is 1.00 bits per heavy atom. The van der Waals surface area contributed by atoms with Crippen LogP contribution in [-0.2, 0) is 11.2 Å². The number of piperidine rings is 3. The molecule has 3 fully saturated rings. The zero-order valence-electron chi connectivity index (χ0n) is 17.6. The summed E-state index contributed by atoms with van der Waals surface area (Å²) in [7, 11) is 2.16. The summed E-state index contributed by atoms with van der Waals surface area (Å²) >= 11 is 0. The molecule has 4 heteroatoms. The highest BCUT2D eigenvalue weighted by Crippen LogP contribution is 2.32. The summed E-state index contributed by atoms with van der Waals surface area (Å²) in [4.78, 5) is 20.5. The molecule has 154 valence electrons. The third-order valence-electron chi connectivity index (χ3n) is 7.19. The fraction of sp³-hybridized carbons (Fsp3) is 0.708. The standard InChI is InChI=1S/C24H37N3O/c1-25-14-6-12-22(18-25)24(28)27-16-7-11-21-19-26(17-13-23(21)27)15-5-10-20-8-3-2-4-9-20/h2-4,8-9,21-23H,5-7,10-19H2,1H3/t21-,22?,23+/m1/s1. The van der Waals surface area contributed by atoms with Crippen LogP contribution in [0, 0.1) is 11.8 Å². The van der Waals surface area contributed by atoms with E-state index in [2.05, 4.69) is 52.1 Å². The van der Waals surface area contributed by atoms with Crippen LogP contribution >= 0.6 is 0 Å². The molecule has 0 spiro atoms. The van der Waals surface area contributed by atoms with Crippen LogP contribution in [0.5, 0.6) is 0 Å². The molecule has 0 aliphatic carbocycles. The molecule has 0 bridgehead atoms. The Hall–Kier alpha value is -1.39. The number of hydrogen-bond acceptors (Lipinski definition) is 3. The maximum atomic E-state index is 13.2. The normalized spacial score (nSPS) is 29.5. The number of carbonyl (C=O) groups excluding carboxylic acids is 1. The van der Waals surface area contributed by atoms with Crippen molar-refractivity contribution in [3.8, 4) is 0 Å². The Morgan fingerprint density at radius 2 is 1.82 bits per heavy atom. The monoisotopic (exact) mass is 383 g/mol. The van der Waals surface area contributed by atoms with Crippen molar-refractivity contribution in [3.63, 3.8) is 0 Å². The van der Waals surface area contributed by atoms with Crippen LogP contribution in [0.4, 0.5) is 0 Å². The molecule has 0 N–H and O–H groups in total. The van der Waals surface area contributed by atoms with Crippen molar-refractivity contribution in [2.45, 2.75) is 51.0 Å². The molecule has 3 aliphatic heterocycles. The summed E-state index contributed by atoms with van der Waals surface area (Å²) in [6.07, 6.45) is 8.32. The second-order valence-corrected chi connectivity index (χ2v) is 9.28. The second-order valence-electron chi connectivity index (χ2n) is 9.28. The predicted molar refractivity (Wildman–Crippen MR) is 114 cm³/mol. The van der Waals surface area contributed by atoms with Crippen LogP contribution in [0.25, 0.3) is 0 Å². The average Bonchev–Trinajstić information content (AvgIpc) is 2.73.